The van der Waals surface area contributed by atoms with Crippen LogP contribution in [0.25, 0.3) is 0 Å². The molecule has 8 heteroatoms. The summed E-state index contributed by atoms with van der Waals surface area (Å²) < 4.78 is 14.5. The Morgan fingerprint density at radius 2 is 1.79 bits per heavy atom. The lowest BCUT2D eigenvalue weighted by molar-refractivity contribution is 0.0944. The zero-order chi connectivity index (χ0) is 23.2. The normalized spacial score (nSPS) is 14.2. The van der Waals surface area contributed by atoms with Crippen molar-refractivity contribution in [1.29, 1.82) is 0 Å². The van der Waals surface area contributed by atoms with E-state index in [1.165, 1.54) is 5.56 Å². The zero-order valence-electron chi connectivity index (χ0n) is 18.9. The van der Waals surface area contributed by atoms with E-state index in [4.69, 9.17) is 0 Å². The molecular formula is C25H29FN6O. The average Bonchev–Trinajstić information content (AvgIpc) is 2.82. The maximum atomic E-state index is 14.5. The number of benzene rings is 2. The first-order valence-electron chi connectivity index (χ1n) is 11.3. The van der Waals surface area contributed by atoms with Gasteiger partial charge in [0.1, 0.15) is 0 Å². The van der Waals surface area contributed by atoms with E-state index in [2.05, 4.69) is 43.4 Å². The van der Waals surface area contributed by atoms with Gasteiger partial charge in [-0.25, -0.2) is 9.37 Å². The minimum atomic E-state index is -0.610. The molecule has 1 aliphatic rings. The van der Waals surface area contributed by atoms with Gasteiger partial charge in [-0.1, -0.05) is 24.3 Å². The van der Waals surface area contributed by atoms with Crippen LogP contribution in [0.4, 0.5) is 27.5 Å². The molecule has 7 nitrogen and oxygen atoms in total. The third kappa shape index (κ3) is 5.84. The Kier molecular flexibility index (Phi) is 7.14. The maximum Gasteiger partial charge on any atom is 0.253 e. The second-order valence-electron chi connectivity index (χ2n) is 8.46. The van der Waals surface area contributed by atoms with Crippen molar-refractivity contribution >= 4 is 29.0 Å². The first kappa shape index (κ1) is 22.7. The zero-order valence-corrected chi connectivity index (χ0v) is 18.9. The van der Waals surface area contributed by atoms with E-state index in [0.29, 0.717) is 17.2 Å². The van der Waals surface area contributed by atoms with Crippen molar-refractivity contribution in [2.24, 2.45) is 0 Å². The fourth-order valence-corrected chi connectivity index (χ4v) is 3.90. The van der Waals surface area contributed by atoms with Crippen LogP contribution in [0.15, 0.2) is 54.7 Å². The molecule has 1 fully saturated rings. The van der Waals surface area contributed by atoms with Crippen molar-refractivity contribution in [3.8, 4) is 0 Å². The first-order chi connectivity index (χ1) is 16.0. The number of hydrogen-bond donors (Lipinski definition) is 4. The minimum absolute atomic E-state index is 0.0105. The van der Waals surface area contributed by atoms with Crippen LogP contribution in [0.1, 0.15) is 48.5 Å². The summed E-state index contributed by atoms with van der Waals surface area (Å²) in [5, 5.41) is 12.3. The maximum absolute atomic E-state index is 14.5. The monoisotopic (exact) mass is 448 g/mol. The van der Waals surface area contributed by atoms with Gasteiger partial charge in [0, 0.05) is 11.7 Å². The molecule has 0 bridgehead atoms. The molecule has 3 aromatic rings. The van der Waals surface area contributed by atoms with Crippen molar-refractivity contribution in [3.05, 3.63) is 71.7 Å². The topological polar surface area (TPSA) is 91.0 Å². The number of para-hydroxylation sites is 1. The van der Waals surface area contributed by atoms with E-state index in [1.807, 2.05) is 26.0 Å². The van der Waals surface area contributed by atoms with E-state index in [0.717, 1.165) is 37.8 Å². The highest BCUT2D eigenvalue weighted by atomic mass is 19.1. The molecule has 0 radical (unpaired) electrons. The summed E-state index contributed by atoms with van der Waals surface area (Å²) in [6.07, 6.45) is 3.39. The van der Waals surface area contributed by atoms with Gasteiger partial charge < -0.3 is 21.3 Å². The molecule has 1 amide bonds. The van der Waals surface area contributed by atoms with Crippen molar-refractivity contribution in [3.63, 3.8) is 0 Å². The van der Waals surface area contributed by atoms with Gasteiger partial charge in [-0.2, -0.15) is 4.98 Å². The Morgan fingerprint density at radius 1 is 1.06 bits per heavy atom. The molecule has 2 aromatic carbocycles. The van der Waals surface area contributed by atoms with Gasteiger partial charge in [0.05, 0.1) is 17.4 Å². The predicted molar refractivity (Wildman–Crippen MR) is 129 cm³/mol. The van der Waals surface area contributed by atoms with Gasteiger partial charge in [-0.05, 0) is 75.5 Å². The van der Waals surface area contributed by atoms with Crippen molar-refractivity contribution in [2.75, 3.05) is 23.7 Å². The number of rotatable bonds is 7. The van der Waals surface area contributed by atoms with E-state index in [-0.39, 0.29) is 23.7 Å². The molecule has 1 aromatic heterocycles. The number of halogens is 1. The van der Waals surface area contributed by atoms with E-state index >= 15 is 0 Å². The number of hydrogen-bond acceptors (Lipinski definition) is 6. The lowest BCUT2D eigenvalue weighted by Gasteiger charge is -2.23. The Bertz CT molecular complexity index is 1100. The molecule has 2 heterocycles. The van der Waals surface area contributed by atoms with Crippen molar-refractivity contribution in [2.45, 2.75) is 38.6 Å². The summed E-state index contributed by atoms with van der Waals surface area (Å²) in [6.45, 7) is 5.86. The molecule has 0 atom stereocenters. The molecule has 0 aliphatic carbocycles. The highest BCUT2D eigenvalue weighted by molar-refractivity contribution is 6.00. The lowest BCUT2D eigenvalue weighted by atomic mass is 9.90. The van der Waals surface area contributed by atoms with E-state index in [1.54, 1.807) is 24.3 Å². The van der Waals surface area contributed by atoms with Crippen LogP contribution in [-0.2, 0) is 0 Å². The third-order valence-electron chi connectivity index (χ3n) is 5.57. The molecule has 33 heavy (non-hydrogen) atoms. The Balaban J connectivity index is 1.49. The number of carbonyl (C=O) groups is 1. The van der Waals surface area contributed by atoms with Crippen molar-refractivity contribution < 1.29 is 9.18 Å². The molecule has 0 spiro atoms. The summed E-state index contributed by atoms with van der Waals surface area (Å²) >= 11 is 0. The number of amides is 1. The SMILES string of the molecule is CC(C)NC(=O)c1ccccc1Nc1nc(Nc2ccc(C3CCNCC3)cc2)ncc1F. The summed E-state index contributed by atoms with van der Waals surface area (Å²) in [4.78, 5) is 20.9. The molecule has 4 rings (SSSR count). The summed E-state index contributed by atoms with van der Waals surface area (Å²) in [7, 11) is 0. The molecule has 1 aliphatic heterocycles. The number of nitrogens with zero attached hydrogens (tertiary/aromatic N) is 2. The van der Waals surface area contributed by atoms with Gasteiger partial charge >= 0.3 is 0 Å². The van der Waals surface area contributed by atoms with Crippen molar-refractivity contribution in [1.82, 2.24) is 20.6 Å². The number of piperidine rings is 1. The molecule has 4 N–H and O–H groups in total. The summed E-state index contributed by atoms with van der Waals surface area (Å²) in [5.74, 6) is -0.0250. The number of nitrogens with one attached hydrogen (secondary N) is 4. The van der Waals surface area contributed by atoms with Gasteiger partial charge in [0.15, 0.2) is 11.6 Å². The summed E-state index contributed by atoms with van der Waals surface area (Å²) in [6, 6.07) is 15.1. The van der Waals surface area contributed by atoms with Gasteiger partial charge in [0.25, 0.3) is 5.91 Å². The lowest BCUT2D eigenvalue weighted by Crippen LogP contribution is -2.30. The van der Waals surface area contributed by atoms with Crippen LogP contribution in [0.3, 0.4) is 0 Å². The highest BCUT2D eigenvalue weighted by Crippen LogP contribution is 2.27. The van der Waals surface area contributed by atoms with Gasteiger partial charge in [-0.15, -0.1) is 0 Å². The van der Waals surface area contributed by atoms with Crippen LogP contribution in [-0.4, -0.2) is 35.0 Å². The highest BCUT2D eigenvalue weighted by Gasteiger charge is 2.16. The van der Waals surface area contributed by atoms with Crippen LogP contribution in [0, 0.1) is 5.82 Å². The smallest absolute Gasteiger partial charge is 0.253 e. The van der Waals surface area contributed by atoms with Crippen LogP contribution < -0.4 is 21.3 Å². The van der Waals surface area contributed by atoms with Crippen LogP contribution in [0.2, 0.25) is 0 Å². The number of anilines is 4. The molecule has 1 saturated heterocycles. The molecule has 0 saturated carbocycles. The Morgan fingerprint density at radius 3 is 2.52 bits per heavy atom. The fourth-order valence-electron chi connectivity index (χ4n) is 3.90. The second kappa shape index (κ2) is 10.4. The summed E-state index contributed by atoms with van der Waals surface area (Å²) in [5.41, 5.74) is 3.01. The van der Waals surface area contributed by atoms with Gasteiger partial charge in [0.2, 0.25) is 5.95 Å². The third-order valence-corrected chi connectivity index (χ3v) is 5.57. The van der Waals surface area contributed by atoms with E-state index < -0.39 is 5.82 Å². The second-order valence-corrected chi connectivity index (χ2v) is 8.46. The van der Waals surface area contributed by atoms with Gasteiger partial charge in [-0.3, -0.25) is 4.79 Å². The number of aromatic nitrogens is 2. The molecular weight excluding hydrogens is 419 g/mol. The Hall–Kier alpha value is -3.52. The standard InChI is InChI=1S/C25H29FN6O/c1-16(2)29-24(33)20-5-3-4-6-22(20)31-23-21(26)15-28-25(32-23)30-19-9-7-17(8-10-19)18-11-13-27-14-12-18/h3-10,15-16,18,27H,11-14H2,1-2H3,(H,29,33)(H2,28,30,31,32). The largest absolute Gasteiger partial charge is 0.350 e. The predicted octanol–water partition coefficient (Wildman–Crippen LogP) is 4.71. The first-order valence-corrected chi connectivity index (χ1v) is 11.3. The van der Waals surface area contributed by atoms with Crippen LogP contribution in [0.5, 0.6) is 0 Å². The molecule has 0 unspecified atom stereocenters. The Labute approximate surface area is 193 Å². The number of carbonyl (C=O) groups excluding carboxylic acids is 1. The quantitative estimate of drug-likeness (QED) is 0.419. The van der Waals surface area contributed by atoms with E-state index in [9.17, 15) is 9.18 Å². The minimum Gasteiger partial charge on any atom is -0.350 e. The van der Waals surface area contributed by atoms with Crippen LogP contribution >= 0.6 is 0 Å². The fraction of sp³-hybridized carbons (Fsp3) is 0.320. The average molecular weight is 449 g/mol. The molecule has 172 valence electrons.